The van der Waals surface area contributed by atoms with Crippen molar-refractivity contribution in [3.05, 3.63) is 12.4 Å². The van der Waals surface area contributed by atoms with E-state index >= 15 is 0 Å². The summed E-state index contributed by atoms with van der Waals surface area (Å²) in [5.74, 6) is 1.69. The van der Waals surface area contributed by atoms with Gasteiger partial charge in [0.1, 0.15) is 0 Å². The summed E-state index contributed by atoms with van der Waals surface area (Å²) < 4.78 is 7.35. The third-order valence-electron chi connectivity index (χ3n) is 3.10. The van der Waals surface area contributed by atoms with Gasteiger partial charge in [-0.1, -0.05) is 13.8 Å². The number of anilines is 1. The van der Waals surface area contributed by atoms with E-state index in [0.29, 0.717) is 12.6 Å². The van der Waals surface area contributed by atoms with Gasteiger partial charge in [-0.15, -0.1) is 0 Å². The second kappa shape index (κ2) is 7.41. The Balaban J connectivity index is 2.58. The van der Waals surface area contributed by atoms with Crippen LogP contribution >= 0.6 is 0 Å². The molecule has 0 spiro atoms. The summed E-state index contributed by atoms with van der Waals surface area (Å²) in [6.45, 7) is 9.56. The molecule has 1 aromatic rings. The minimum Gasteiger partial charge on any atom is -0.383 e. The first-order valence-corrected chi connectivity index (χ1v) is 6.82. The maximum absolute atomic E-state index is 5.13. The van der Waals surface area contributed by atoms with Crippen LogP contribution in [0.4, 0.5) is 5.95 Å². The summed E-state index contributed by atoms with van der Waals surface area (Å²) in [5.41, 5.74) is 0. The van der Waals surface area contributed by atoms with Gasteiger partial charge < -0.3 is 14.6 Å². The third-order valence-corrected chi connectivity index (χ3v) is 3.10. The van der Waals surface area contributed by atoms with E-state index in [1.54, 1.807) is 7.11 Å². The lowest BCUT2D eigenvalue weighted by Gasteiger charge is -2.20. The highest BCUT2D eigenvalue weighted by Gasteiger charge is 2.12. The van der Waals surface area contributed by atoms with Gasteiger partial charge in [-0.2, -0.15) is 0 Å². The van der Waals surface area contributed by atoms with Gasteiger partial charge in [-0.25, -0.2) is 4.98 Å². The molecule has 0 radical (unpaired) electrons. The van der Waals surface area contributed by atoms with Gasteiger partial charge in [-0.05, 0) is 32.6 Å². The van der Waals surface area contributed by atoms with Crippen LogP contribution in [0.25, 0.3) is 0 Å². The molecule has 0 aliphatic heterocycles. The Hall–Kier alpha value is -1.03. The van der Waals surface area contributed by atoms with Crippen molar-refractivity contribution < 1.29 is 4.74 Å². The summed E-state index contributed by atoms with van der Waals surface area (Å²) in [6.07, 6.45) is 6.33. The summed E-state index contributed by atoms with van der Waals surface area (Å²) in [5, 5.41) is 3.39. The maximum Gasteiger partial charge on any atom is 0.203 e. The first-order valence-electron chi connectivity index (χ1n) is 6.82. The SMILES string of the molecule is COCC(C)Nc1nccn1C(C)CCC(C)C. The second-order valence-corrected chi connectivity index (χ2v) is 5.48. The van der Waals surface area contributed by atoms with E-state index < -0.39 is 0 Å². The highest BCUT2D eigenvalue weighted by molar-refractivity contribution is 5.28. The average molecular weight is 253 g/mol. The zero-order chi connectivity index (χ0) is 13.5. The number of hydrogen-bond acceptors (Lipinski definition) is 3. The molecule has 2 unspecified atom stereocenters. The smallest absolute Gasteiger partial charge is 0.203 e. The highest BCUT2D eigenvalue weighted by Crippen LogP contribution is 2.20. The molecular formula is C14H27N3O. The topological polar surface area (TPSA) is 39.1 Å². The Bertz CT molecular complexity index is 336. The molecule has 1 N–H and O–H groups in total. The van der Waals surface area contributed by atoms with E-state index in [0.717, 1.165) is 11.9 Å². The van der Waals surface area contributed by atoms with Crippen molar-refractivity contribution in [3.8, 4) is 0 Å². The van der Waals surface area contributed by atoms with Crippen LogP contribution in [0.1, 0.15) is 46.6 Å². The fourth-order valence-electron chi connectivity index (χ4n) is 2.01. The van der Waals surface area contributed by atoms with Crippen LogP contribution in [0, 0.1) is 5.92 Å². The maximum atomic E-state index is 5.13. The number of hydrogen-bond donors (Lipinski definition) is 1. The quantitative estimate of drug-likeness (QED) is 0.772. The Morgan fingerprint density at radius 3 is 2.61 bits per heavy atom. The van der Waals surface area contributed by atoms with E-state index in [1.807, 2.05) is 12.4 Å². The molecule has 0 aliphatic rings. The van der Waals surface area contributed by atoms with Crippen molar-refractivity contribution in [2.75, 3.05) is 19.0 Å². The molecule has 18 heavy (non-hydrogen) atoms. The van der Waals surface area contributed by atoms with Crippen LogP contribution in [-0.2, 0) is 4.74 Å². The number of rotatable bonds is 8. The lowest BCUT2D eigenvalue weighted by Crippen LogP contribution is -2.23. The Labute approximate surface area is 111 Å². The van der Waals surface area contributed by atoms with Gasteiger partial charge in [0.2, 0.25) is 5.95 Å². The monoisotopic (exact) mass is 253 g/mol. The van der Waals surface area contributed by atoms with Crippen LogP contribution in [0.3, 0.4) is 0 Å². The largest absolute Gasteiger partial charge is 0.383 e. The first-order chi connectivity index (χ1) is 8.54. The lowest BCUT2D eigenvalue weighted by atomic mass is 10.0. The van der Waals surface area contributed by atoms with Crippen LogP contribution in [0.15, 0.2) is 12.4 Å². The molecule has 1 heterocycles. The standard InChI is InChI=1S/C14H27N3O/c1-11(2)6-7-13(4)17-9-8-15-14(17)16-12(3)10-18-5/h8-9,11-13H,6-7,10H2,1-5H3,(H,15,16). The molecule has 4 nitrogen and oxygen atoms in total. The molecule has 0 bridgehead atoms. The molecule has 0 saturated carbocycles. The van der Waals surface area contributed by atoms with Gasteiger partial charge in [0.25, 0.3) is 0 Å². The van der Waals surface area contributed by atoms with E-state index in [-0.39, 0.29) is 6.04 Å². The zero-order valence-electron chi connectivity index (χ0n) is 12.3. The van der Waals surface area contributed by atoms with E-state index in [4.69, 9.17) is 4.74 Å². The van der Waals surface area contributed by atoms with Crippen molar-refractivity contribution >= 4 is 5.95 Å². The Morgan fingerprint density at radius 2 is 2.00 bits per heavy atom. The molecule has 0 fully saturated rings. The second-order valence-electron chi connectivity index (χ2n) is 5.48. The predicted molar refractivity (Wildman–Crippen MR) is 76.0 cm³/mol. The number of nitrogens with one attached hydrogen (secondary N) is 1. The van der Waals surface area contributed by atoms with Crippen LogP contribution < -0.4 is 5.32 Å². The molecule has 0 amide bonds. The van der Waals surface area contributed by atoms with Crippen molar-refractivity contribution in [1.29, 1.82) is 0 Å². The molecule has 2 atom stereocenters. The zero-order valence-corrected chi connectivity index (χ0v) is 12.3. The number of ether oxygens (including phenoxy) is 1. The highest BCUT2D eigenvalue weighted by atomic mass is 16.5. The van der Waals surface area contributed by atoms with Gasteiger partial charge in [0.05, 0.1) is 6.61 Å². The Morgan fingerprint density at radius 1 is 1.28 bits per heavy atom. The normalized spacial score (nSPS) is 14.8. The first kappa shape index (κ1) is 15.0. The molecular weight excluding hydrogens is 226 g/mol. The summed E-state index contributed by atoms with van der Waals surface area (Å²) >= 11 is 0. The fraction of sp³-hybridized carbons (Fsp3) is 0.786. The van der Waals surface area contributed by atoms with Crippen molar-refractivity contribution in [2.24, 2.45) is 5.92 Å². The molecule has 0 aromatic carbocycles. The fourth-order valence-corrected chi connectivity index (χ4v) is 2.01. The van der Waals surface area contributed by atoms with Gasteiger partial charge >= 0.3 is 0 Å². The predicted octanol–water partition coefficient (Wildman–Crippen LogP) is 3.33. The van der Waals surface area contributed by atoms with Gasteiger partial charge in [-0.3, -0.25) is 0 Å². The van der Waals surface area contributed by atoms with Crippen molar-refractivity contribution in [1.82, 2.24) is 9.55 Å². The molecule has 1 rings (SSSR count). The summed E-state index contributed by atoms with van der Waals surface area (Å²) in [4.78, 5) is 4.38. The van der Waals surface area contributed by atoms with Crippen LogP contribution in [-0.4, -0.2) is 29.3 Å². The molecule has 104 valence electrons. The number of imidazole rings is 1. The third kappa shape index (κ3) is 4.69. The Kier molecular flexibility index (Phi) is 6.19. The van der Waals surface area contributed by atoms with Crippen LogP contribution in [0.2, 0.25) is 0 Å². The molecule has 0 aliphatic carbocycles. The van der Waals surface area contributed by atoms with Gasteiger partial charge in [0, 0.05) is 31.6 Å². The van der Waals surface area contributed by atoms with Crippen LogP contribution in [0.5, 0.6) is 0 Å². The number of methoxy groups -OCH3 is 1. The molecule has 1 aromatic heterocycles. The van der Waals surface area contributed by atoms with E-state index in [2.05, 4.69) is 42.6 Å². The number of nitrogens with zero attached hydrogens (tertiary/aromatic N) is 2. The van der Waals surface area contributed by atoms with E-state index in [9.17, 15) is 0 Å². The number of aromatic nitrogens is 2. The minimum atomic E-state index is 0.272. The lowest BCUT2D eigenvalue weighted by molar-refractivity contribution is 0.190. The van der Waals surface area contributed by atoms with E-state index in [1.165, 1.54) is 12.8 Å². The average Bonchev–Trinajstić information content (AvgIpc) is 2.74. The minimum absolute atomic E-state index is 0.272. The summed E-state index contributed by atoms with van der Waals surface area (Å²) in [7, 11) is 1.72. The van der Waals surface area contributed by atoms with Crippen molar-refractivity contribution in [2.45, 2.75) is 52.6 Å². The van der Waals surface area contributed by atoms with Gasteiger partial charge in [0.15, 0.2) is 0 Å². The summed E-state index contributed by atoms with van der Waals surface area (Å²) in [6, 6.07) is 0.751. The van der Waals surface area contributed by atoms with Crippen molar-refractivity contribution in [3.63, 3.8) is 0 Å². The molecule has 0 saturated heterocycles. The molecule has 4 heteroatoms.